The van der Waals surface area contributed by atoms with E-state index in [1.165, 1.54) is 0 Å². The van der Waals surface area contributed by atoms with E-state index in [0.717, 1.165) is 44.1 Å². The Hall–Kier alpha value is -2.20. The van der Waals surface area contributed by atoms with Gasteiger partial charge in [0.2, 0.25) is 0 Å². The maximum Gasteiger partial charge on any atom is 0.178 e. The fourth-order valence-electron chi connectivity index (χ4n) is 10.0. The zero-order chi connectivity index (χ0) is 25.8. The number of hydrogen-bond donors (Lipinski definition) is 0. The van der Waals surface area contributed by atoms with Crippen LogP contribution >= 0.6 is 0 Å². The Morgan fingerprint density at radius 1 is 0.914 bits per heavy atom. The standard InChI is InChI=1S/C31H40N2O2/c1-27(2)10-8-20-18(16-32)14-31(7)25(21(20)15-27)22(34)12-24-29(5)13-19(17-33)26(35)28(3,4)23(29)9-11-30(24,31)6/h12-13,18,20-21,23,25H,8-11,14-15H2,1-7H3/t18-,20?,21?,23+,25?,29+,30-,31-/m1/s1. The van der Waals surface area contributed by atoms with Crippen LogP contribution in [0.15, 0.2) is 23.3 Å². The lowest BCUT2D eigenvalue weighted by Gasteiger charge is -2.68. The minimum Gasteiger partial charge on any atom is -0.295 e. The fourth-order valence-corrected chi connectivity index (χ4v) is 10.0. The Morgan fingerprint density at radius 2 is 1.60 bits per heavy atom. The van der Waals surface area contributed by atoms with Crippen LogP contribution in [0.1, 0.15) is 87.0 Å². The van der Waals surface area contributed by atoms with Crippen molar-refractivity contribution in [3.05, 3.63) is 23.3 Å². The molecular formula is C31H40N2O2. The number of fused-ring (bicyclic) bond motifs is 7. The summed E-state index contributed by atoms with van der Waals surface area (Å²) < 4.78 is 0. The van der Waals surface area contributed by atoms with Crippen LogP contribution in [0, 0.1) is 79.3 Å². The Balaban J connectivity index is 1.71. The second-order valence-corrected chi connectivity index (χ2v) is 14.5. The third-order valence-electron chi connectivity index (χ3n) is 11.9. The number of Topliss-reactive ketones (excluding diaryl/α,β-unsaturated/α-hetero) is 1. The first-order valence-electron chi connectivity index (χ1n) is 13.5. The number of carbonyl (C=O) groups excluding carboxylic acids is 2. The zero-order valence-electron chi connectivity index (χ0n) is 22.5. The number of ketones is 2. The molecular weight excluding hydrogens is 432 g/mol. The van der Waals surface area contributed by atoms with E-state index in [9.17, 15) is 20.1 Å². The minimum absolute atomic E-state index is 0.0264. The smallest absolute Gasteiger partial charge is 0.178 e. The van der Waals surface area contributed by atoms with Crippen LogP contribution in [0.2, 0.25) is 0 Å². The summed E-state index contributed by atoms with van der Waals surface area (Å²) >= 11 is 0. The molecule has 0 heterocycles. The van der Waals surface area contributed by atoms with E-state index in [-0.39, 0.29) is 57.1 Å². The highest BCUT2D eigenvalue weighted by Gasteiger charge is 2.69. The maximum absolute atomic E-state index is 14.2. The molecule has 0 amide bonds. The van der Waals surface area contributed by atoms with Crippen molar-refractivity contribution in [2.45, 2.75) is 87.0 Å². The van der Waals surface area contributed by atoms with Crippen LogP contribution in [-0.4, -0.2) is 11.6 Å². The summed E-state index contributed by atoms with van der Waals surface area (Å²) in [5, 5.41) is 20.1. The van der Waals surface area contributed by atoms with Crippen molar-refractivity contribution in [2.24, 2.45) is 56.7 Å². The average Bonchev–Trinajstić information content (AvgIpc) is 2.76. The van der Waals surface area contributed by atoms with E-state index < -0.39 is 10.8 Å². The molecule has 5 rings (SSSR count). The lowest BCUT2D eigenvalue weighted by molar-refractivity contribution is -0.160. The summed E-state index contributed by atoms with van der Waals surface area (Å²) in [4.78, 5) is 27.3. The highest BCUT2D eigenvalue weighted by atomic mass is 16.1. The summed E-state index contributed by atoms with van der Waals surface area (Å²) in [5.74, 6) is 0.634. The quantitative estimate of drug-likeness (QED) is 0.398. The molecule has 0 aromatic heterocycles. The summed E-state index contributed by atoms with van der Waals surface area (Å²) in [6.07, 6.45) is 9.54. The molecule has 0 N–H and O–H groups in total. The first-order valence-corrected chi connectivity index (χ1v) is 13.5. The van der Waals surface area contributed by atoms with Gasteiger partial charge in [-0.2, -0.15) is 10.5 Å². The third-order valence-corrected chi connectivity index (χ3v) is 11.9. The van der Waals surface area contributed by atoms with Crippen molar-refractivity contribution in [3.8, 4) is 12.1 Å². The minimum atomic E-state index is -0.655. The van der Waals surface area contributed by atoms with Gasteiger partial charge in [-0.05, 0) is 78.6 Å². The van der Waals surface area contributed by atoms with Crippen molar-refractivity contribution in [1.29, 1.82) is 10.5 Å². The topological polar surface area (TPSA) is 81.7 Å². The van der Waals surface area contributed by atoms with Gasteiger partial charge in [-0.15, -0.1) is 0 Å². The van der Waals surface area contributed by atoms with Crippen molar-refractivity contribution in [1.82, 2.24) is 0 Å². The maximum atomic E-state index is 14.2. The number of carbonyl (C=O) groups is 2. The van der Waals surface area contributed by atoms with Gasteiger partial charge in [-0.1, -0.05) is 60.1 Å². The summed E-state index contributed by atoms with van der Waals surface area (Å²) in [6, 6.07) is 4.86. The van der Waals surface area contributed by atoms with E-state index >= 15 is 0 Å². The van der Waals surface area contributed by atoms with E-state index in [1.54, 1.807) is 0 Å². The molecule has 0 radical (unpaired) electrons. The molecule has 0 saturated heterocycles. The molecule has 4 heteroatoms. The van der Waals surface area contributed by atoms with E-state index in [4.69, 9.17) is 0 Å². The zero-order valence-corrected chi connectivity index (χ0v) is 22.5. The molecule has 0 aromatic rings. The highest BCUT2D eigenvalue weighted by molar-refractivity contribution is 6.04. The summed E-state index contributed by atoms with van der Waals surface area (Å²) in [6.45, 7) is 15.3. The predicted molar refractivity (Wildman–Crippen MR) is 134 cm³/mol. The van der Waals surface area contributed by atoms with Gasteiger partial charge in [-0.3, -0.25) is 9.59 Å². The summed E-state index contributed by atoms with van der Waals surface area (Å²) in [7, 11) is 0. The van der Waals surface area contributed by atoms with Gasteiger partial charge in [0, 0.05) is 16.7 Å². The van der Waals surface area contributed by atoms with Gasteiger partial charge >= 0.3 is 0 Å². The van der Waals surface area contributed by atoms with E-state index in [1.807, 2.05) is 26.0 Å². The van der Waals surface area contributed by atoms with Gasteiger partial charge in [-0.25, -0.2) is 0 Å². The second kappa shape index (κ2) is 7.18. The Labute approximate surface area is 210 Å². The molecule has 0 aliphatic heterocycles. The molecule has 5 aliphatic rings. The van der Waals surface area contributed by atoms with E-state index in [0.29, 0.717) is 5.92 Å². The number of hydrogen-bond acceptors (Lipinski definition) is 4. The van der Waals surface area contributed by atoms with Crippen molar-refractivity contribution in [3.63, 3.8) is 0 Å². The molecule has 0 bridgehead atoms. The van der Waals surface area contributed by atoms with Gasteiger partial charge in [0.15, 0.2) is 11.6 Å². The first kappa shape index (κ1) is 24.5. The number of nitriles is 2. The van der Waals surface area contributed by atoms with Crippen LogP contribution in [0.5, 0.6) is 0 Å². The number of allylic oxidation sites excluding steroid dienone is 4. The molecule has 4 nitrogen and oxygen atoms in total. The van der Waals surface area contributed by atoms with Crippen LogP contribution in [0.3, 0.4) is 0 Å². The molecule has 8 atom stereocenters. The normalized spacial score (nSPS) is 47.5. The van der Waals surface area contributed by atoms with Crippen LogP contribution in [-0.2, 0) is 9.59 Å². The fraction of sp³-hybridized carbons (Fsp3) is 0.742. The van der Waals surface area contributed by atoms with Gasteiger partial charge < -0.3 is 0 Å². The van der Waals surface area contributed by atoms with Crippen molar-refractivity contribution in [2.75, 3.05) is 0 Å². The monoisotopic (exact) mass is 472 g/mol. The second-order valence-electron chi connectivity index (χ2n) is 14.5. The first-order chi connectivity index (χ1) is 16.2. The van der Waals surface area contributed by atoms with Gasteiger partial charge in [0.25, 0.3) is 0 Å². The third kappa shape index (κ3) is 2.95. The molecule has 3 fully saturated rings. The molecule has 5 aliphatic carbocycles. The molecule has 3 unspecified atom stereocenters. The molecule has 0 aromatic carbocycles. The van der Waals surface area contributed by atoms with E-state index in [2.05, 4.69) is 46.8 Å². The van der Waals surface area contributed by atoms with Gasteiger partial charge in [0.1, 0.15) is 6.07 Å². The number of nitrogens with zero attached hydrogens (tertiary/aromatic N) is 2. The Morgan fingerprint density at radius 3 is 2.23 bits per heavy atom. The highest BCUT2D eigenvalue weighted by Crippen LogP contribution is 2.73. The lowest BCUT2D eigenvalue weighted by Crippen LogP contribution is -2.64. The van der Waals surface area contributed by atoms with Gasteiger partial charge in [0.05, 0.1) is 17.6 Å². The number of rotatable bonds is 0. The molecule has 186 valence electrons. The SMILES string of the molecule is CC1(C)CCC2C(C1)C1C(=O)C=C3[C@@]4(C)C=C(C#N)C(=O)C(C)(C)[C@@H]4CC[C@@]3(C)[C@]1(C)C[C@@H]2C#N. The van der Waals surface area contributed by atoms with Crippen LogP contribution in [0.4, 0.5) is 0 Å². The summed E-state index contributed by atoms with van der Waals surface area (Å²) in [5.41, 5.74) is -0.237. The Bertz CT molecular complexity index is 1160. The Kier molecular flexibility index (Phi) is 5.03. The predicted octanol–water partition coefficient (Wildman–Crippen LogP) is 6.59. The van der Waals surface area contributed by atoms with Crippen LogP contribution < -0.4 is 0 Å². The van der Waals surface area contributed by atoms with Crippen molar-refractivity contribution < 1.29 is 9.59 Å². The molecule has 35 heavy (non-hydrogen) atoms. The molecule has 0 spiro atoms. The lowest BCUT2D eigenvalue weighted by atomic mass is 9.35. The largest absolute Gasteiger partial charge is 0.295 e. The molecule has 3 saturated carbocycles. The average molecular weight is 473 g/mol. The van der Waals surface area contributed by atoms with Crippen LogP contribution in [0.25, 0.3) is 0 Å². The van der Waals surface area contributed by atoms with Crippen molar-refractivity contribution >= 4 is 11.6 Å².